The van der Waals surface area contributed by atoms with E-state index in [0.29, 0.717) is 6.04 Å². The van der Waals surface area contributed by atoms with Crippen LogP contribution in [0.15, 0.2) is 24.3 Å². The average Bonchev–Trinajstić information content (AvgIpc) is 2.15. The van der Waals surface area contributed by atoms with Crippen molar-refractivity contribution in [2.45, 2.75) is 32.9 Å². The van der Waals surface area contributed by atoms with Gasteiger partial charge in [0.1, 0.15) is 0 Å². The van der Waals surface area contributed by atoms with Crippen molar-refractivity contribution in [1.29, 1.82) is 0 Å². The minimum absolute atomic E-state index is 0.500. The molecule has 0 fully saturated rings. The van der Waals surface area contributed by atoms with E-state index in [1.165, 1.54) is 11.1 Å². The molecule has 0 amide bonds. The van der Waals surface area contributed by atoms with Crippen LogP contribution in [-0.2, 0) is 6.54 Å². The van der Waals surface area contributed by atoms with Gasteiger partial charge < -0.3 is 11.1 Å². The standard InChI is InChI=1S/C12H20N2/c1-10-4-3-5-12(8-10)9-14-11(2)6-7-13/h3-5,8,11,14H,6-7,9,13H2,1-2H3. The fraction of sp³-hybridized carbons (Fsp3) is 0.500. The van der Waals surface area contributed by atoms with E-state index in [1.807, 2.05) is 0 Å². The summed E-state index contributed by atoms with van der Waals surface area (Å²) in [7, 11) is 0. The molecular formula is C12H20N2. The summed E-state index contributed by atoms with van der Waals surface area (Å²) >= 11 is 0. The van der Waals surface area contributed by atoms with Crippen LogP contribution in [0.3, 0.4) is 0 Å². The predicted octanol–water partition coefficient (Wildman–Crippen LogP) is 1.82. The molecular weight excluding hydrogens is 172 g/mol. The van der Waals surface area contributed by atoms with E-state index in [4.69, 9.17) is 5.73 Å². The molecule has 1 rings (SSSR count). The van der Waals surface area contributed by atoms with Crippen molar-refractivity contribution in [3.05, 3.63) is 35.4 Å². The zero-order valence-electron chi connectivity index (χ0n) is 9.09. The molecule has 0 spiro atoms. The predicted molar refractivity (Wildman–Crippen MR) is 61.2 cm³/mol. The van der Waals surface area contributed by atoms with Crippen molar-refractivity contribution in [3.63, 3.8) is 0 Å². The highest BCUT2D eigenvalue weighted by atomic mass is 14.9. The van der Waals surface area contributed by atoms with Crippen LogP contribution in [0.2, 0.25) is 0 Å². The smallest absolute Gasteiger partial charge is 0.0208 e. The molecule has 2 heteroatoms. The van der Waals surface area contributed by atoms with Crippen LogP contribution in [0, 0.1) is 6.92 Å². The average molecular weight is 192 g/mol. The lowest BCUT2D eigenvalue weighted by molar-refractivity contribution is 0.520. The highest BCUT2D eigenvalue weighted by Gasteiger charge is 1.99. The van der Waals surface area contributed by atoms with E-state index in [2.05, 4.69) is 43.4 Å². The molecule has 1 atom stereocenters. The first kappa shape index (κ1) is 11.2. The molecule has 0 aliphatic rings. The van der Waals surface area contributed by atoms with E-state index in [0.717, 1.165) is 19.5 Å². The Labute approximate surface area is 86.5 Å². The second-order valence-electron chi connectivity index (χ2n) is 3.85. The van der Waals surface area contributed by atoms with Crippen LogP contribution < -0.4 is 11.1 Å². The van der Waals surface area contributed by atoms with Gasteiger partial charge in [-0.3, -0.25) is 0 Å². The van der Waals surface area contributed by atoms with Crippen LogP contribution in [0.5, 0.6) is 0 Å². The Morgan fingerprint density at radius 2 is 2.21 bits per heavy atom. The van der Waals surface area contributed by atoms with Crippen LogP contribution in [0.25, 0.3) is 0 Å². The second kappa shape index (κ2) is 5.78. The number of rotatable bonds is 5. The third-order valence-corrected chi connectivity index (χ3v) is 2.34. The highest BCUT2D eigenvalue weighted by molar-refractivity contribution is 5.21. The summed E-state index contributed by atoms with van der Waals surface area (Å²) in [4.78, 5) is 0. The topological polar surface area (TPSA) is 38.0 Å². The lowest BCUT2D eigenvalue weighted by Crippen LogP contribution is -2.27. The molecule has 14 heavy (non-hydrogen) atoms. The SMILES string of the molecule is Cc1cccc(CNC(C)CCN)c1. The summed E-state index contributed by atoms with van der Waals surface area (Å²) in [6.07, 6.45) is 1.03. The van der Waals surface area contributed by atoms with Gasteiger partial charge >= 0.3 is 0 Å². The van der Waals surface area contributed by atoms with Gasteiger partial charge in [-0.2, -0.15) is 0 Å². The van der Waals surface area contributed by atoms with Crippen molar-refractivity contribution >= 4 is 0 Å². The maximum Gasteiger partial charge on any atom is 0.0208 e. The van der Waals surface area contributed by atoms with E-state index in [-0.39, 0.29) is 0 Å². The molecule has 0 saturated heterocycles. The molecule has 1 aromatic rings. The van der Waals surface area contributed by atoms with Gasteiger partial charge in [0.15, 0.2) is 0 Å². The molecule has 1 aromatic carbocycles. The largest absolute Gasteiger partial charge is 0.330 e. The van der Waals surface area contributed by atoms with Crippen LogP contribution in [-0.4, -0.2) is 12.6 Å². The molecule has 0 bridgehead atoms. The quantitative estimate of drug-likeness (QED) is 0.747. The van der Waals surface area contributed by atoms with Crippen LogP contribution in [0.1, 0.15) is 24.5 Å². The van der Waals surface area contributed by atoms with Crippen molar-refractivity contribution in [2.75, 3.05) is 6.54 Å². The number of hydrogen-bond donors (Lipinski definition) is 2. The third kappa shape index (κ3) is 3.90. The first-order chi connectivity index (χ1) is 6.72. The molecule has 0 radical (unpaired) electrons. The first-order valence-corrected chi connectivity index (χ1v) is 5.21. The lowest BCUT2D eigenvalue weighted by atomic mass is 10.1. The molecule has 78 valence electrons. The monoisotopic (exact) mass is 192 g/mol. The molecule has 0 heterocycles. The molecule has 0 aliphatic carbocycles. The fourth-order valence-corrected chi connectivity index (χ4v) is 1.47. The Morgan fingerprint density at radius 3 is 2.86 bits per heavy atom. The van der Waals surface area contributed by atoms with Gasteiger partial charge in [0.25, 0.3) is 0 Å². The van der Waals surface area contributed by atoms with Crippen molar-refractivity contribution < 1.29 is 0 Å². The molecule has 2 nitrogen and oxygen atoms in total. The van der Waals surface area contributed by atoms with Gasteiger partial charge in [0, 0.05) is 12.6 Å². The number of aryl methyl sites for hydroxylation is 1. The van der Waals surface area contributed by atoms with Crippen molar-refractivity contribution in [2.24, 2.45) is 5.73 Å². The van der Waals surface area contributed by atoms with Crippen LogP contribution in [0.4, 0.5) is 0 Å². The fourth-order valence-electron chi connectivity index (χ4n) is 1.47. The summed E-state index contributed by atoms with van der Waals surface area (Å²) in [6, 6.07) is 9.07. The van der Waals surface area contributed by atoms with Gasteiger partial charge in [-0.15, -0.1) is 0 Å². The van der Waals surface area contributed by atoms with Gasteiger partial charge in [0.05, 0.1) is 0 Å². The maximum atomic E-state index is 5.48. The molecule has 0 aliphatic heterocycles. The third-order valence-electron chi connectivity index (χ3n) is 2.34. The molecule has 0 saturated carbocycles. The van der Waals surface area contributed by atoms with Gasteiger partial charge in [-0.05, 0) is 32.4 Å². The summed E-state index contributed by atoms with van der Waals surface area (Å²) in [5.41, 5.74) is 8.14. The van der Waals surface area contributed by atoms with Crippen molar-refractivity contribution in [3.8, 4) is 0 Å². The molecule has 1 unspecified atom stereocenters. The summed E-state index contributed by atoms with van der Waals surface area (Å²) in [6.45, 7) is 5.97. The second-order valence-corrected chi connectivity index (χ2v) is 3.85. The minimum atomic E-state index is 0.500. The molecule has 3 N–H and O–H groups in total. The Morgan fingerprint density at radius 1 is 1.43 bits per heavy atom. The summed E-state index contributed by atoms with van der Waals surface area (Å²) in [5, 5.41) is 3.45. The van der Waals surface area contributed by atoms with Gasteiger partial charge in [-0.1, -0.05) is 29.8 Å². The van der Waals surface area contributed by atoms with Crippen molar-refractivity contribution in [1.82, 2.24) is 5.32 Å². The number of hydrogen-bond acceptors (Lipinski definition) is 2. The number of nitrogens with two attached hydrogens (primary N) is 1. The van der Waals surface area contributed by atoms with E-state index in [9.17, 15) is 0 Å². The highest BCUT2D eigenvalue weighted by Crippen LogP contribution is 2.03. The number of benzene rings is 1. The molecule has 0 aromatic heterocycles. The number of nitrogens with one attached hydrogen (secondary N) is 1. The van der Waals surface area contributed by atoms with E-state index < -0.39 is 0 Å². The summed E-state index contributed by atoms with van der Waals surface area (Å²) < 4.78 is 0. The maximum absolute atomic E-state index is 5.48. The zero-order chi connectivity index (χ0) is 10.4. The van der Waals surface area contributed by atoms with E-state index in [1.54, 1.807) is 0 Å². The van der Waals surface area contributed by atoms with E-state index >= 15 is 0 Å². The normalized spacial score (nSPS) is 12.8. The lowest BCUT2D eigenvalue weighted by Gasteiger charge is -2.12. The van der Waals surface area contributed by atoms with Gasteiger partial charge in [-0.25, -0.2) is 0 Å². The zero-order valence-corrected chi connectivity index (χ0v) is 9.09. The Bertz CT molecular complexity index is 271. The Balaban J connectivity index is 2.37. The first-order valence-electron chi connectivity index (χ1n) is 5.21. The Hall–Kier alpha value is -0.860. The van der Waals surface area contributed by atoms with Gasteiger partial charge in [0.2, 0.25) is 0 Å². The van der Waals surface area contributed by atoms with Crippen LogP contribution >= 0.6 is 0 Å². The minimum Gasteiger partial charge on any atom is -0.330 e. The summed E-state index contributed by atoms with van der Waals surface area (Å²) in [5.74, 6) is 0. The Kier molecular flexibility index (Phi) is 4.63.